The van der Waals surface area contributed by atoms with Crippen molar-refractivity contribution >= 4 is 17.3 Å². The van der Waals surface area contributed by atoms with Crippen molar-refractivity contribution in [2.24, 2.45) is 0 Å². The van der Waals surface area contributed by atoms with Gasteiger partial charge in [0.15, 0.2) is 11.6 Å². The van der Waals surface area contributed by atoms with E-state index in [0.717, 1.165) is 49.9 Å². The summed E-state index contributed by atoms with van der Waals surface area (Å²) in [5.41, 5.74) is 10.1. The fraction of sp³-hybridized carbons (Fsp3) is 0.474. The first-order chi connectivity index (χ1) is 11.8. The van der Waals surface area contributed by atoms with Crippen molar-refractivity contribution in [2.45, 2.75) is 38.6 Å². The van der Waals surface area contributed by atoms with E-state index in [1.165, 1.54) is 36.8 Å². The van der Waals surface area contributed by atoms with Crippen molar-refractivity contribution in [2.75, 3.05) is 35.2 Å². The molecule has 3 heterocycles. The van der Waals surface area contributed by atoms with Crippen LogP contribution in [-0.2, 0) is 13.0 Å². The molecule has 0 amide bonds. The molecule has 5 heteroatoms. The fourth-order valence-electron chi connectivity index (χ4n) is 3.84. The zero-order valence-corrected chi connectivity index (χ0v) is 14.1. The highest BCUT2D eigenvalue weighted by Crippen LogP contribution is 2.32. The Labute approximate surface area is 143 Å². The Balaban J connectivity index is 1.61. The van der Waals surface area contributed by atoms with Gasteiger partial charge in [0.25, 0.3) is 0 Å². The first-order valence-corrected chi connectivity index (χ1v) is 9.00. The molecule has 0 unspecified atom stereocenters. The Hall–Kier alpha value is -2.30. The summed E-state index contributed by atoms with van der Waals surface area (Å²) < 4.78 is 0. The number of nitrogens with zero attached hydrogens (tertiary/aromatic N) is 4. The zero-order valence-electron chi connectivity index (χ0n) is 14.1. The lowest BCUT2D eigenvalue weighted by molar-refractivity contribution is 0.717. The van der Waals surface area contributed by atoms with Gasteiger partial charge in [-0.1, -0.05) is 37.1 Å². The van der Waals surface area contributed by atoms with E-state index in [2.05, 4.69) is 44.0 Å². The third-order valence-electron chi connectivity index (χ3n) is 5.18. The van der Waals surface area contributed by atoms with Gasteiger partial charge in [0, 0.05) is 26.2 Å². The third kappa shape index (κ3) is 2.90. The van der Waals surface area contributed by atoms with Gasteiger partial charge in [-0.2, -0.15) is 0 Å². The van der Waals surface area contributed by atoms with Crippen molar-refractivity contribution in [3.05, 3.63) is 41.7 Å². The highest BCUT2D eigenvalue weighted by atomic mass is 15.3. The van der Waals surface area contributed by atoms with Crippen LogP contribution in [0.15, 0.2) is 30.6 Å². The van der Waals surface area contributed by atoms with Crippen LogP contribution in [0.25, 0.3) is 0 Å². The van der Waals surface area contributed by atoms with Gasteiger partial charge in [0.2, 0.25) is 0 Å². The van der Waals surface area contributed by atoms with Crippen LogP contribution in [0.3, 0.4) is 0 Å². The summed E-state index contributed by atoms with van der Waals surface area (Å²) in [6.07, 6.45) is 7.76. The number of aromatic nitrogens is 2. The SMILES string of the molecule is Nc1c(N2CCCCCC2)ncnc1N1CCc2ccccc2C1. The molecule has 0 radical (unpaired) electrons. The summed E-state index contributed by atoms with van der Waals surface area (Å²) in [5, 5.41) is 0. The molecule has 0 saturated carbocycles. The van der Waals surface area contributed by atoms with Crippen molar-refractivity contribution in [1.82, 2.24) is 9.97 Å². The molecule has 0 aliphatic carbocycles. The monoisotopic (exact) mass is 323 g/mol. The van der Waals surface area contributed by atoms with Crippen LogP contribution in [0.5, 0.6) is 0 Å². The van der Waals surface area contributed by atoms with E-state index in [1.807, 2.05) is 0 Å². The second kappa shape index (κ2) is 6.67. The molecular weight excluding hydrogens is 298 g/mol. The molecule has 1 fully saturated rings. The maximum atomic E-state index is 6.51. The van der Waals surface area contributed by atoms with Gasteiger partial charge in [-0.15, -0.1) is 0 Å². The molecule has 1 aromatic carbocycles. The molecule has 0 bridgehead atoms. The number of nitrogen functional groups attached to an aromatic ring is 1. The average molecular weight is 323 g/mol. The van der Waals surface area contributed by atoms with E-state index >= 15 is 0 Å². The summed E-state index contributed by atoms with van der Waals surface area (Å²) in [7, 11) is 0. The molecule has 2 aliphatic rings. The number of hydrogen-bond donors (Lipinski definition) is 1. The van der Waals surface area contributed by atoms with Crippen LogP contribution in [0.1, 0.15) is 36.8 Å². The standard InChI is InChI=1S/C19H25N5/c20-17-18(23-10-5-1-2-6-11-23)21-14-22-19(17)24-12-9-15-7-3-4-8-16(15)13-24/h3-4,7-8,14H,1-2,5-6,9-13,20H2. The van der Waals surface area contributed by atoms with Crippen LogP contribution in [-0.4, -0.2) is 29.6 Å². The third-order valence-corrected chi connectivity index (χ3v) is 5.18. The number of hydrogen-bond acceptors (Lipinski definition) is 5. The van der Waals surface area contributed by atoms with E-state index < -0.39 is 0 Å². The number of benzene rings is 1. The molecule has 1 saturated heterocycles. The lowest BCUT2D eigenvalue weighted by atomic mass is 10.00. The molecule has 2 N–H and O–H groups in total. The van der Waals surface area contributed by atoms with Crippen molar-refractivity contribution in [3.63, 3.8) is 0 Å². The molecule has 126 valence electrons. The van der Waals surface area contributed by atoms with Crippen LogP contribution in [0.4, 0.5) is 17.3 Å². The second-order valence-electron chi connectivity index (χ2n) is 6.78. The van der Waals surface area contributed by atoms with E-state index in [9.17, 15) is 0 Å². The van der Waals surface area contributed by atoms with Gasteiger partial charge in [0.05, 0.1) is 0 Å². The topological polar surface area (TPSA) is 58.3 Å². The zero-order chi connectivity index (χ0) is 16.4. The Morgan fingerprint density at radius 2 is 1.46 bits per heavy atom. The van der Waals surface area contributed by atoms with E-state index in [0.29, 0.717) is 0 Å². The number of nitrogens with two attached hydrogens (primary N) is 1. The molecule has 24 heavy (non-hydrogen) atoms. The van der Waals surface area contributed by atoms with Gasteiger partial charge in [-0.3, -0.25) is 0 Å². The number of anilines is 3. The smallest absolute Gasteiger partial charge is 0.157 e. The minimum atomic E-state index is 0.735. The predicted molar refractivity (Wildman–Crippen MR) is 98.3 cm³/mol. The van der Waals surface area contributed by atoms with Crippen molar-refractivity contribution in [1.29, 1.82) is 0 Å². The number of fused-ring (bicyclic) bond motifs is 1. The van der Waals surface area contributed by atoms with Crippen LogP contribution in [0.2, 0.25) is 0 Å². The van der Waals surface area contributed by atoms with E-state index in [-0.39, 0.29) is 0 Å². The summed E-state index contributed by atoms with van der Waals surface area (Å²) in [6.45, 7) is 3.92. The minimum Gasteiger partial charge on any atom is -0.393 e. The molecule has 1 aromatic heterocycles. The lowest BCUT2D eigenvalue weighted by Gasteiger charge is -2.32. The van der Waals surface area contributed by atoms with Crippen molar-refractivity contribution in [3.8, 4) is 0 Å². The highest BCUT2D eigenvalue weighted by Gasteiger charge is 2.22. The summed E-state index contributed by atoms with van der Waals surface area (Å²) in [6, 6.07) is 8.65. The minimum absolute atomic E-state index is 0.735. The lowest BCUT2D eigenvalue weighted by Crippen LogP contribution is -2.33. The van der Waals surface area contributed by atoms with Crippen molar-refractivity contribution < 1.29 is 0 Å². The molecule has 0 atom stereocenters. The first-order valence-electron chi connectivity index (χ1n) is 9.00. The molecule has 2 aromatic rings. The predicted octanol–water partition coefficient (Wildman–Crippen LogP) is 3.00. The maximum absolute atomic E-state index is 6.51. The van der Waals surface area contributed by atoms with Gasteiger partial charge in [-0.05, 0) is 30.4 Å². The molecule has 2 aliphatic heterocycles. The number of rotatable bonds is 2. The largest absolute Gasteiger partial charge is 0.393 e. The van der Waals surface area contributed by atoms with Gasteiger partial charge >= 0.3 is 0 Å². The molecule has 4 rings (SSSR count). The first kappa shape index (κ1) is 15.2. The van der Waals surface area contributed by atoms with Crippen LogP contribution >= 0.6 is 0 Å². The fourth-order valence-corrected chi connectivity index (χ4v) is 3.84. The Kier molecular flexibility index (Phi) is 4.24. The Morgan fingerprint density at radius 1 is 0.792 bits per heavy atom. The maximum Gasteiger partial charge on any atom is 0.157 e. The molecular formula is C19H25N5. The summed E-state index contributed by atoms with van der Waals surface area (Å²) in [4.78, 5) is 13.7. The Morgan fingerprint density at radius 3 is 2.21 bits per heavy atom. The van der Waals surface area contributed by atoms with Gasteiger partial charge in [-0.25, -0.2) is 9.97 Å². The summed E-state index contributed by atoms with van der Waals surface area (Å²) in [5.74, 6) is 1.81. The van der Waals surface area contributed by atoms with Gasteiger partial charge < -0.3 is 15.5 Å². The van der Waals surface area contributed by atoms with E-state index in [1.54, 1.807) is 6.33 Å². The summed E-state index contributed by atoms with van der Waals surface area (Å²) >= 11 is 0. The Bertz CT molecular complexity index is 707. The quantitative estimate of drug-likeness (QED) is 0.920. The normalized spacial score (nSPS) is 18.2. The molecule has 5 nitrogen and oxygen atoms in total. The highest BCUT2D eigenvalue weighted by molar-refractivity contribution is 5.76. The second-order valence-corrected chi connectivity index (χ2v) is 6.78. The molecule has 0 spiro atoms. The van der Waals surface area contributed by atoms with Crippen LogP contribution in [0, 0.1) is 0 Å². The van der Waals surface area contributed by atoms with Gasteiger partial charge in [0.1, 0.15) is 12.0 Å². The van der Waals surface area contributed by atoms with E-state index in [4.69, 9.17) is 5.73 Å². The van der Waals surface area contributed by atoms with Crippen LogP contribution < -0.4 is 15.5 Å². The average Bonchev–Trinajstić information content (AvgIpc) is 2.91.